The monoisotopic (exact) mass is 374 g/mol. The van der Waals surface area contributed by atoms with Crippen LogP contribution in [0, 0.1) is 5.92 Å². The van der Waals surface area contributed by atoms with Gasteiger partial charge in [0.1, 0.15) is 5.82 Å². The third kappa shape index (κ3) is 4.19. The average molecular weight is 375 g/mol. The fourth-order valence-corrected chi connectivity index (χ4v) is 3.12. The van der Waals surface area contributed by atoms with E-state index in [4.69, 9.17) is 5.73 Å². The molecule has 3 rings (SSSR count). The van der Waals surface area contributed by atoms with E-state index in [2.05, 4.69) is 14.9 Å². The molecule has 1 saturated carbocycles. The molecule has 1 aliphatic rings. The van der Waals surface area contributed by atoms with Gasteiger partial charge in [-0.1, -0.05) is 12.1 Å². The third-order valence-electron chi connectivity index (χ3n) is 4.48. The minimum Gasteiger partial charge on any atom is -0.391 e. The van der Waals surface area contributed by atoms with Crippen molar-refractivity contribution in [3.05, 3.63) is 30.1 Å². The van der Waals surface area contributed by atoms with Gasteiger partial charge in [0.25, 0.3) is 0 Å². The SMILES string of the molecule is Cl.Cl.Cn1c(CCNC(=O)[C@H]2C[C@H](N)[C@@H](O)C2)nc2ccccc21. The van der Waals surface area contributed by atoms with Crippen molar-refractivity contribution in [3.63, 3.8) is 0 Å². The molecule has 2 aromatic rings. The molecule has 1 fully saturated rings. The second-order valence-electron chi connectivity index (χ2n) is 6.02. The number of nitrogens with zero attached hydrogens (tertiary/aromatic N) is 2. The van der Waals surface area contributed by atoms with E-state index in [-0.39, 0.29) is 42.7 Å². The molecule has 3 atom stereocenters. The molecule has 1 heterocycles. The molecule has 0 aliphatic heterocycles. The second kappa shape index (κ2) is 8.67. The topological polar surface area (TPSA) is 93.2 Å². The number of nitrogens with two attached hydrogens (primary N) is 1. The Bertz CT molecular complexity index is 682. The van der Waals surface area contributed by atoms with Crippen LogP contribution in [0.3, 0.4) is 0 Å². The highest BCUT2D eigenvalue weighted by Crippen LogP contribution is 2.24. The standard InChI is InChI=1S/C16H22N4O2.2ClH/c1-20-13-5-3-2-4-12(13)19-15(20)6-7-18-16(22)10-8-11(17)14(21)9-10;;/h2-5,10-11,14,21H,6-9,17H2,1H3,(H,18,22);2*1H/t10-,11-,14-;;/m0../s1. The maximum absolute atomic E-state index is 12.1. The van der Waals surface area contributed by atoms with E-state index in [0.717, 1.165) is 16.9 Å². The van der Waals surface area contributed by atoms with Crippen molar-refractivity contribution in [2.75, 3.05) is 6.54 Å². The number of hydrogen-bond donors (Lipinski definition) is 3. The van der Waals surface area contributed by atoms with E-state index < -0.39 is 6.10 Å². The van der Waals surface area contributed by atoms with Gasteiger partial charge in [-0.05, 0) is 25.0 Å². The predicted molar refractivity (Wildman–Crippen MR) is 98.6 cm³/mol. The number of amides is 1. The predicted octanol–water partition coefficient (Wildman–Crippen LogP) is 1.17. The summed E-state index contributed by atoms with van der Waals surface area (Å²) in [7, 11) is 1.98. The molecular weight excluding hydrogens is 351 g/mol. The molecule has 8 heteroatoms. The average Bonchev–Trinajstić information content (AvgIpc) is 3.01. The van der Waals surface area contributed by atoms with Gasteiger partial charge in [0.2, 0.25) is 5.91 Å². The number of rotatable bonds is 4. The summed E-state index contributed by atoms with van der Waals surface area (Å²) in [4.78, 5) is 16.7. The zero-order chi connectivity index (χ0) is 15.7. The number of para-hydroxylation sites is 2. The van der Waals surface area contributed by atoms with Crippen LogP contribution in [0.5, 0.6) is 0 Å². The van der Waals surface area contributed by atoms with Gasteiger partial charge in [-0.25, -0.2) is 4.98 Å². The van der Waals surface area contributed by atoms with Gasteiger partial charge < -0.3 is 20.7 Å². The lowest BCUT2D eigenvalue weighted by molar-refractivity contribution is -0.125. The molecule has 4 N–H and O–H groups in total. The number of carbonyl (C=O) groups is 1. The summed E-state index contributed by atoms with van der Waals surface area (Å²) in [6.45, 7) is 0.540. The summed E-state index contributed by atoms with van der Waals surface area (Å²) in [6.07, 6.45) is 1.13. The third-order valence-corrected chi connectivity index (χ3v) is 4.48. The van der Waals surface area contributed by atoms with Crippen LogP contribution in [0.25, 0.3) is 11.0 Å². The van der Waals surface area contributed by atoms with Crippen LogP contribution in [0.15, 0.2) is 24.3 Å². The van der Waals surface area contributed by atoms with Gasteiger partial charge in [-0.15, -0.1) is 24.8 Å². The molecule has 1 aromatic carbocycles. The molecule has 1 aliphatic carbocycles. The summed E-state index contributed by atoms with van der Waals surface area (Å²) in [5, 5.41) is 12.5. The van der Waals surface area contributed by atoms with Crippen LogP contribution < -0.4 is 11.1 Å². The Balaban J connectivity index is 0.00000144. The van der Waals surface area contributed by atoms with E-state index in [0.29, 0.717) is 25.8 Å². The maximum atomic E-state index is 12.1. The van der Waals surface area contributed by atoms with Crippen LogP contribution in [0.1, 0.15) is 18.7 Å². The van der Waals surface area contributed by atoms with Crippen molar-refractivity contribution < 1.29 is 9.90 Å². The molecule has 0 radical (unpaired) electrons. The Morgan fingerprint density at radius 1 is 1.38 bits per heavy atom. The number of benzene rings is 1. The molecule has 24 heavy (non-hydrogen) atoms. The molecule has 0 bridgehead atoms. The summed E-state index contributed by atoms with van der Waals surface area (Å²) < 4.78 is 2.05. The van der Waals surface area contributed by atoms with E-state index in [9.17, 15) is 9.90 Å². The number of fused-ring (bicyclic) bond motifs is 1. The van der Waals surface area contributed by atoms with Crippen molar-refractivity contribution in [2.24, 2.45) is 18.7 Å². The van der Waals surface area contributed by atoms with E-state index in [1.54, 1.807) is 0 Å². The van der Waals surface area contributed by atoms with Crippen LogP contribution in [-0.4, -0.2) is 39.3 Å². The van der Waals surface area contributed by atoms with Crippen molar-refractivity contribution in [1.82, 2.24) is 14.9 Å². The lowest BCUT2D eigenvalue weighted by Gasteiger charge is -2.10. The van der Waals surface area contributed by atoms with Crippen LogP contribution in [0.2, 0.25) is 0 Å². The first kappa shape index (κ1) is 20.7. The van der Waals surface area contributed by atoms with Crippen LogP contribution in [-0.2, 0) is 18.3 Å². The number of carbonyl (C=O) groups excluding carboxylic acids is 1. The van der Waals surface area contributed by atoms with Crippen molar-refractivity contribution in [3.8, 4) is 0 Å². The van der Waals surface area contributed by atoms with Gasteiger partial charge in [-0.2, -0.15) is 0 Å². The first-order chi connectivity index (χ1) is 10.6. The summed E-state index contributed by atoms with van der Waals surface area (Å²) in [6, 6.07) is 7.69. The van der Waals surface area contributed by atoms with Gasteiger partial charge >= 0.3 is 0 Å². The van der Waals surface area contributed by atoms with Gasteiger partial charge in [-0.3, -0.25) is 4.79 Å². The molecule has 0 saturated heterocycles. The molecule has 0 unspecified atom stereocenters. The minimum absolute atomic E-state index is 0. The van der Waals surface area contributed by atoms with E-state index in [1.807, 2.05) is 31.3 Å². The number of aromatic nitrogens is 2. The number of aliphatic hydroxyl groups is 1. The largest absolute Gasteiger partial charge is 0.391 e. The Hall–Kier alpha value is -1.34. The van der Waals surface area contributed by atoms with Gasteiger partial charge in [0.15, 0.2) is 0 Å². The highest BCUT2D eigenvalue weighted by Gasteiger charge is 2.34. The molecule has 1 aromatic heterocycles. The summed E-state index contributed by atoms with van der Waals surface area (Å²) >= 11 is 0. The van der Waals surface area contributed by atoms with E-state index in [1.165, 1.54) is 0 Å². The highest BCUT2D eigenvalue weighted by molar-refractivity contribution is 5.85. The molecule has 134 valence electrons. The van der Waals surface area contributed by atoms with Crippen molar-refractivity contribution in [2.45, 2.75) is 31.4 Å². The zero-order valence-electron chi connectivity index (χ0n) is 13.5. The van der Waals surface area contributed by atoms with Gasteiger partial charge in [0, 0.05) is 32.0 Å². The normalized spacial score (nSPS) is 22.7. The summed E-state index contributed by atoms with van der Waals surface area (Å²) in [5.41, 5.74) is 7.81. The number of halogens is 2. The molecule has 6 nitrogen and oxygen atoms in total. The number of imidazole rings is 1. The Morgan fingerprint density at radius 2 is 2.08 bits per heavy atom. The molecule has 1 amide bonds. The zero-order valence-corrected chi connectivity index (χ0v) is 15.1. The number of hydrogen-bond acceptors (Lipinski definition) is 4. The van der Waals surface area contributed by atoms with Crippen molar-refractivity contribution in [1.29, 1.82) is 0 Å². The lowest BCUT2D eigenvalue weighted by atomic mass is 10.1. The smallest absolute Gasteiger partial charge is 0.223 e. The maximum Gasteiger partial charge on any atom is 0.223 e. The second-order valence-corrected chi connectivity index (χ2v) is 6.02. The van der Waals surface area contributed by atoms with Crippen LogP contribution in [0.4, 0.5) is 0 Å². The Morgan fingerprint density at radius 3 is 2.71 bits per heavy atom. The first-order valence-electron chi connectivity index (χ1n) is 7.68. The number of aryl methyl sites for hydroxylation is 1. The Labute approximate surface area is 153 Å². The minimum atomic E-state index is -0.560. The van der Waals surface area contributed by atoms with E-state index >= 15 is 0 Å². The Kier molecular flexibility index (Phi) is 7.48. The van der Waals surface area contributed by atoms with Gasteiger partial charge in [0.05, 0.1) is 17.1 Å². The molecular formula is C16H24Cl2N4O2. The number of nitrogens with one attached hydrogen (secondary N) is 1. The quantitative estimate of drug-likeness (QED) is 0.748. The fraction of sp³-hybridized carbons (Fsp3) is 0.500. The van der Waals surface area contributed by atoms with Crippen molar-refractivity contribution >= 4 is 41.8 Å². The van der Waals surface area contributed by atoms with Crippen LogP contribution >= 0.6 is 24.8 Å². The molecule has 0 spiro atoms. The fourth-order valence-electron chi connectivity index (χ4n) is 3.12. The first-order valence-corrected chi connectivity index (χ1v) is 7.68. The highest BCUT2D eigenvalue weighted by atomic mass is 35.5. The summed E-state index contributed by atoms with van der Waals surface area (Å²) in [5.74, 6) is 0.751. The lowest BCUT2D eigenvalue weighted by Crippen LogP contribution is -2.32. The number of aliphatic hydroxyl groups excluding tert-OH is 1.